The molecule has 1 saturated heterocycles. The van der Waals surface area contributed by atoms with Crippen molar-refractivity contribution < 1.29 is 4.79 Å². The van der Waals surface area contributed by atoms with Crippen LogP contribution in [0.15, 0.2) is 30.5 Å². The summed E-state index contributed by atoms with van der Waals surface area (Å²) in [7, 11) is 4.15. The summed E-state index contributed by atoms with van der Waals surface area (Å²) < 4.78 is 0. The second-order valence-corrected chi connectivity index (χ2v) is 7.97. The Morgan fingerprint density at radius 1 is 1.29 bits per heavy atom. The summed E-state index contributed by atoms with van der Waals surface area (Å²) in [6.07, 6.45) is 5.01. The molecular formula is C19H25N3OS. The van der Waals surface area contributed by atoms with Gasteiger partial charge in [-0.2, -0.15) is 0 Å². The van der Waals surface area contributed by atoms with Crippen LogP contribution in [0.4, 0.5) is 0 Å². The monoisotopic (exact) mass is 343 g/mol. The zero-order chi connectivity index (χ0) is 17.1. The first kappa shape index (κ1) is 17.1. The van der Waals surface area contributed by atoms with Gasteiger partial charge in [-0.1, -0.05) is 24.3 Å². The lowest BCUT2D eigenvalue weighted by Gasteiger charge is -2.36. The van der Waals surface area contributed by atoms with E-state index in [4.69, 9.17) is 0 Å². The Morgan fingerprint density at radius 2 is 2.04 bits per heavy atom. The predicted octanol–water partition coefficient (Wildman–Crippen LogP) is 3.88. The Balaban J connectivity index is 1.80. The van der Waals surface area contributed by atoms with Gasteiger partial charge in [-0.25, -0.2) is 4.98 Å². The molecule has 1 aromatic carbocycles. The minimum absolute atomic E-state index is 0.127. The maximum Gasteiger partial charge on any atom is 0.266 e. The van der Waals surface area contributed by atoms with Crippen LogP contribution in [0.5, 0.6) is 0 Å². The van der Waals surface area contributed by atoms with Crippen LogP contribution in [-0.4, -0.2) is 41.3 Å². The Bertz CT molecular complexity index is 693. The Hall–Kier alpha value is -1.72. The van der Waals surface area contributed by atoms with Crippen molar-refractivity contribution in [2.75, 3.05) is 20.6 Å². The molecular weight excluding hydrogens is 318 g/mol. The van der Waals surface area contributed by atoms with Gasteiger partial charge in [0.2, 0.25) is 0 Å². The third-order valence-electron chi connectivity index (χ3n) is 4.46. The van der Waals surface area contributed by atoms with E-state index >= 15 is 0 Å². The maximum absolute atomic E-state index is 12.9. The second-order valence-electron chi connectivity index (χ2n) is 6.73. The van der Waals surface area contributed by atoms with Crippen LogP contribution < -0.4 is 0 Å². The molecule has 1 unspecified atom stereocenters. The molecule has 3 rings (SSSR count). The topological polar surface area (TPSA) is 36.4 Å². The highest BCUT2D eigenvalue weighted by Crippen LogP contribution is 2.33. The number of likely N-dealkylation sites (tertiary alicyclic amines) is 1. The first-order valence-electron chi connectivity index (χ1n) is 8.51. The van der Waals surface area contributed by atoms with Crippen LogP contribution in [0, 0.1) is 6.92 Å². The molecule has 1 fully saturated rings. The average Bonchev–Trinajstić information content (AvgIpc) is 3.01. The fourth-order valence-electron chi connectivity index (χ4n) is 3.33. The van der Waals surface area contributed by atoms with Gasteiger partial charge in [-0.05, 0) is 51.4 Å². The zero-order valence-electron chi connectivity index (χ0n) is 14.7. The summed E-state index contributed by atoms with van der Waals surface area (Å²) in [5.74, 6) is 0.127. The summed E-state index contributed by atoms with van der Waals surface area (Å²) >= 11 is 1.49. The number of aryl methyl sites for hydroxylation is 1. The maximum atomic E-state index is 12.9. The highest BCUT2D eigenvalue weighted by atomic mass is 32.1. The fourth-order valence-corrected chi connectivity index (χ4v) is 4.07. The molecule has 0 spiro atoms. The summed E-state index contributed by atoms with van der Waals surface area (Å²) in [6.45, 7) is 3.71. The van der Waals surface area contributed by atoms with Gasteiger partial charge in [0.05, 0.1) is 17.2 Å². The van der Waals surface area contributed by atoms with Crippen LogP contribution in [-0.2, 0) is 6.54 Å². The van der Waals surface area contributed by atoms with Crippen molar-refractivity contribution in [2.24, 2.45) is 0 Å². The summed E-state index contributed by atoms with van der Waals surface area (Å²) in [5.41, 5.74) is 2.54. The largest absolute Gasteiger partial charge is 0.331 e. The number of carbonyl (C=O) groups is 1. The fraction of sp³-hybridized carbons (Fsp3) is 0.474. The molecule has 0 N–H and O–H groups in total. The lowest BCUT2D eigenvalue weighted by molar-refractivity contribution is 0.0616. The number of amides is 1. The van der Waals surface area contributed by atoms with Crippen molar-refractivity contribution in [1.29, 1.82) is 0 Å². The highest BCUT2D eigenvalue weighted by Gasteiger charge is 2.29. The first-order valence-corrected chi connectivity index (χ1v) is 9.33. The summed E-state index contributed by atoms with van der Waals surface area (Å²) in [4.78, 5) is 22.1. The number of rotatable bonds is 4. The van der Waals surface area contributed by atoms with E-state index in [-0.39, 0.29) is 11.9 Å². The number of thiazole rings is 1. The predicted molar refractivity (Wildman–Crippen MR) is 98.3 cm³/mol. The quantitative estimate of drug-likeness (QED) is 0.845. The van der Waals surface area contributed by atoms with Crippen molar-refractivity contribution in [3.05, 3.63) is 51.5 Å². The number of hydrogen-bond donors (Lipinski definition) is 0. The third kappa shape index (κ3) is 3.84. The molecule has 0 radical (unpaired) electrons. The Labute approximate surface area is 148 Å². The number of aromatic nitrogens is 1. The van der Waals surface area contributed by atoms with Gasteiger partial charge in [0.25, 0.3) is 5.91 Å². The van der Waals surface area contributed by atoms with E-state index in [1.807, 2.05) is 11.8 Å². The molecule has 0 aliphatic carbocycles. The van der Waals surface area contributed by atoms with Crippen molar-refractivity contribution >= 4 is 17.2 Å². The number of piperidine rings is 1. The molecule has 1 atom stereocenters. The summed E-state index contributed by atoms with van der Waals surface area (Å²) in [5, 5.41) is 0.944. The third-order valence-corrected chi connectivity index (χ3v) is 5.36. The van der Waals surface area contributed by atoms with Crippen LogP contribution in [0.2, 0.25) is 0 Å². The number of benzene rings is 1. The van der Waals surface area contributed by atoms with E-state index in [1.54, 1.807) is 6.20 Å². The molecule has 1 aliphatic heterocycles. The molecule has 0 bridgehead atoms. The van der Waals surface area contributed by atoms with Crippen molar-refractivity contribution in [2.45, 2.75) is 38.8 Å². The van der Waals surface area contributed by atoms with Crippen molar-refractivity contribution in [1.82, 2.24) is 14.8 Å². The van der Waals surface area contributed by atoms with Gasteiger partial charge in [-0.3, -0.25) is 4.79 Å². The minimum Gasteiger partial charge on any atom is -0.331 e. The van der Waals surface area contributed by atoms with E-state index in [0.717, 1.165) is 35.8 Å². The molecule has 1 aliphatic rings. The van der Waals surface area contributed by atoms with E-state index in [0.29, 0.717) is 0 Å². The lowest BCUT2D eigenvalue weighted by Crippen LogP contribution is -2.38. The van der Waals surface area contributed by atoms with E-state index in [1.165, 1.54) is 28.9 Å². The van der Waals surface area contributed by atoms with Gasteiger partial charge in [0.1, 0.15) is 4.88 Å². The lowest BCUT2D eigenvalue weighted by atomic mass is 9.94. The minimum atomic E-state index is 0.127. The van der Waals surface area contributed by atoms with Crippen LogP contribution in [0.3, 0.4) is 0 Å². The zero-order valence-corrected chi connectivity index (χ0v) is 15.5. The number of hydrogen-bond acceptors (Lipinski definition) is 4. The van der Waals surface area contributed by atoms with Gasteiger partial charge >= 0.3 is 0 Å². The van der Waals surface area contributed by atoms with Crippen LogP contribution in [0.25, 0.3) is 0 Å². The first-order chi connectivity index (χ1) is 11.5. The van der Waals surface area contributed by atoms with Crippen LogP contribution in [0.1, 0.15) is 51.1 Å². The summed E-state index contributed by atoms with van der Waals surface area (Å²) in [6, 6.07) is 8.93. The standard InChI is InChI=1S/C19H25N3OS/c1-14-20-12-18(24-14)19(23)22-11-5-4-6-17(22)16-9-7-15(8-10-16)13-21(2)3/h7-10,12,17H,4-6,11,13H2,1-3H3. The Kier molecular flexibility index (Phi) is 5.31. The highest BCUT2D eigenvalue weighted by molar-refractivity contribution is 7.13. The molecule has 4 nitrogen and oxygen atoms in total. The van der Waals surface area contributed by atoms with Gasteiger partial charge in [0.15, 0.2) is 0 Å². The second kappa shape index (κ2) is 7.45. The van der Waals surface area contributed by atoms with Crippen molar-refractivity contribution in [3.63, 3.8) is 0 Å². The Morgan fingerprint density at radius 3 is 2.67 bits per heavy atom. The molecule has 1 amide bonds. The molecule has 0 saturated carbocycles. The number of nitrogens with zero attached hydrogens (tertiary/aromatic N) is 3. The molecule has 2 aromatic rings. The van der Waals surface area contributed by atoms with E-state index in [2.05, 4.69) is 48.2 Å². The normalized spacial score (nSPS) is 18.2. The van der Waals surface area contributed by atoms with E-state index in [9.17, 15) is 4.79 Å². The van der Waals surface area contributed by atoms with E-state index < -0.39 is 0 Å². The molecule has 128 valence electrons. The molecule has 1 aromatic heterocycles. The number of carbonyl (C=O) groups excluding carboxylic acids is 1. The smallest absolute Gasteiger partial charge is 0.266 e. The average molecular weight is 343 g/mol. The molecule has 24 heavy (non-hydrogen) atoms. The van der Waals surface area contributed by atoms with Gasteiger partial charge in [-0.15, -0.1) is 11.3 Å². The van der Waals surface area contributed by atoms with Crippen LogP contribution >= 0.6 is 11.3 Å². The molecule has 5 heteroatoms. The van der Waals surface area contributed by atoms with Gasteiger partial charge in [0, 0.05) is 13.1 Å². The molecule has 2 heterocycles. The van der Waals surface area contributed by atoms with Crippen molar-refractivity contribution in [3.8, 4) is 0 Å². The SMILES string of the molecule is Cc1ncc(C(=O)N2CCCCC2c2ccc(CN(C)C)cc2)s1. The van der Waals surface area contributed by atoms with Gasteiger partial charge < -0.3 is 9.80 Å².